The fourth-order valence-corrected chi connectivity index (χ4v) is 1.81. The van der Waals surface area contributed by atoms with E-state index in [1.54, 1.807) is 0 Å². The Balaban J connectivity index is 2.08. The van der Waals surface area contributed by atoms with E-state index in [0.29, 0.717) is 0 Å². The highest BCUT2D eigenvalue weighted by Crippen LogP contribution is 2.10. The lowest BCUT2D eigenvalue weighted by atomic mass is 10.0. The molecular weight excluding hydrogens is 198 g/mol. The molecule has 0 spiro atoms. The molecule has 0 saturated carbocycles. The minimum Gasteiger partial charge on any atom is -0.393 e. The Kier molecular flexibility index (Phi) is 6.82. The zero-order chi connectivity index (χ0) is 11.6. The van der Waals surface area contributed by atoms with Gasteiger partial charge in [-0.15, -0.1) is 0 Å². The Morgan fingerprint density at radius 2 is 2.06 bits per heavy atom. The van der Waals surface area contributed by atoms with Gasteiger partial charge in [0.1, 0.15) is 0 Å². The van der Waals surface area contributed by atoms with Crippen LogP contribution in [0.2, 0.25) is 0 Å². The van der Waals surface area contributed by atoms with Crippen molar-refractivity contribution < 1.29 is 5.11 Å². The lowest BCUT2D eigenvalue weighted by Crippen LogP contribution is -2.08. The summed E-state index contributed by atoms with van der Waals surface area (Å²) in [6, 6.07) is 5.93. The maximum atomic E-state index is 9.78. The summed E-state index contributed by atoms with van der Waals surface area (Å²) in [4.78, 5) is 4.25. The second kappa shape index (κ2) is 8.28. The van der Waals surface area contributed by atoms with Gasteiger partial charge in [0.15, 0.2) is 0 Å². The molecule has 16 heavy (non-hydrogen) atoms. The summed E-state index contributed by atoms with van der Waals surface area (Å²) in [6.45, 7) is 2.21. The first kappa shape index (κ1) is 13.2. The summed E-state index contributed by atoms with van der Waals surface area (Å²) < 4.78 is 0. The van der Waals surface area contributed by atoms with Crippen molar-refractivity contribution in [3.05, 3.63) is 30.1 Å². The van der Waals surface area contributed by atoms with Crippen molar-refractivity contribution in [2.75, 3.05) is 0 Å². The minimum absolute atomic E-state index is 0.154. The molecule has 0 aliphatic carbocycles. The average Bonchev–Trinajstić information content (AvgIpc) is 2.33. The smallest absolute Gasteiger partial charge is 0.0544 e. The van der Waals surface area contributed by atoms with Crippen LogP contribution in [0.15, 0.2) is 24.4 Å². The predicted octanol–water partition coefficient (Wildman–Crippen LogP) is 3.35. The molecule has 2 nitrogen and oxygen atoms in total. The first-order valence-electron chi connectivity index (χ1n) is 6.41. The highest BCUT2D eigenvalue weighted by Gasteiger charge is 2.04. The fraction of sp³-hybridized carbons (Fsp3) is 0.643. The van der Waals surface area contributed by atoms with Crippen LogP contribution in [0.5, 0.6) is 0 Å². The molecule has 1 atom stereocenters. The van der Waals surface area contributed by atoms with E-state index in [0.717, 1.165) is 31.4 Å². The van der Waals surface area contributed by atoms with Crippen LogP contribution >= 0.6 is 0 Å². The maximum Gasteiger partial charge on any atom is 0.0544 e. The zero-order valence-corrected chi connectivity index (χ0v) is 10.2. The van der Waals surface area contributed by atoms with Gasteiger partial charge in [-0.05, 0) is 31.4 Å². The molecular formula is C14H23NO. The summed E-state index contributed by atoms with van der Waals surface area (Å²) in [5, 5.41) is 9.78. The predicted molar refractivity (Wildman–Crippen MR) is 67.3 cm³/mol. The first-order chi connectivity index (χ1) is 7.83. The molecule has 1 rings (SSSR count). The van der Waals surface area contributed by atoms with E-state index in [-0.39, 0.29) is 6.10 Å². The Labute approximate surface area is 98.7 Å². The van der Waals surface area contributed by atoms with Gasteiger partial charge in [0.05, 0.1) is 6.10 Å². The van der Waals surface area contributed by atoms with Crippen LogP contribution in [0.4, 0.5) is 0 Å². The number of rotatable bonds is 8. The van der Waals surface area contributed by atoms with Crippen LogP contribution in [-0.2, 0) is 6.42 Å². The van der Waals surface area contributed by atoms with E-state index < -0.39 is 0 Å². The van der Waals surface area contributed by atoms with Gasteiger partial charge >= 0.3 is 0 Å². The molecule has 90 valence electrons. The Morgan fingerprint density at radius 1 is 1.19 bits per heavy atom. The molecule has 0 saturated heterocycles. The van der Waals surface area contributed by atoms with Crippen molar-refractivity contribution in [2.45, 2.75) is 58.0 Å². The number of aliphatic hydroxyl groups is 1. The second-order valence-corrected chi connectivity index (χ2v) is 4.36. The first-order valence-corrected chi connectivity index (χ1v) is 6.41. The molecule has 1 aromatic rings. The molecule has 0 fully saturated rings. The van der Waals surface area contributed by atoms with Gasteiger partial charge in [-0.2, -0.15) is 0 Å². The quantitative estimate of drug-likeness (QED) is 0.683. The molecule has 0 aliphatic rings. The van der Waals surface area contributed by atoms with Gasteiger partial charge in [0, 0.05) is 11.9 Å². The molecule has 0 aromatic carbocycles. The van der Waals surface area contributed by atoms with Gasteiger partial charge in [0.2, 0.25) is 0 Å². The van der Waals surface area contributed by atoms with Crippen molar-refractivity contribution in [3.63, 3.8) is 0 Å². The van der Waals surface area contributed by atoms with Gasteiger partial charge in [-0.25, -0.2) is 0 Å². The van der Waals surface area contributed by atoms with Crippen LogP contribution in [0, 0.1) is 0 Å². The molecule has 0 aliphatic heterocycles. The number of hydrogen-bond acceptors (Lipinski definition) is 2. The largest absolute Gasteiger partial charge is 0.393 e. The maximum absolute atomic E-state index is 9.78. The number of hydrogen-bond donors (Lipinski definition) is 1. The van der Waals surface area contributed by atoms with Crippen molar-refractivity contribution in [1.29, 1.82) is 0 Å². The van der Waals surface area contributed by atoms with Crippen molar-refractivity contribution >= 4 is 0 Å². The third kappa shape index (κ3) is 5.86. The number of unbranched alkanes of at least 4 members (excludes halogenated alkanes) is 3. The topological polar surface area (TPSA) is 33.1 Å². The monoisotopic (exact) mass is 221 g/mol. The number of aromatic nitrogens is 1. The van der Waals surface area contributed by atoms with E-state index >= 15 is 0 Å². The van der Waals surface area contributed by atoms with Crippen LogP contribution in [0.3, 0.4) is 0 Å². The fourth-order valence-electron chi connectivity index (χ4n) is 1.81. The van der Waals surface area contributed by atoms with Crippen molar-refractivity contribution in [2.24, 2.45) is 0 Å². The molecule has 1 unspecified atom stereocenters. The molecule has 1 heterocycles. The Morgan fingerprint density at radius 3 is 2.75 bits per heavy atom. The van der Waals surface area contributed by atoms with E-state index in [1.807, 2.05) is 24.4 Å². The van der Waals surface area contributed by atoms with Gasteiger partial charge < -0.3 is 5.11 Å². The SMILES string of the molecule is CCCCCCC(O)CCc1ccccn1. The number of nitrogens with zero attached hydrogens (tertiary/aromatic N) is 1. The van der Waals surface area contributed by atoms with Crippen molar-refractivity contribution in [3.8, 4) is 0 Å². The van der Waals surface area contributed by atoms with E-state index in [9.17, 15) is 5.11 Å². The minimum atomic E-state index is -0.154. The summed E-state index contributed by atoms with van der Waals surface area (Å²) in [5.74, 6) is 0. The Bertz CT molecular complexity index is 261. The summed E-state index contributed by atoms with van der Waals surface area (Å²) >= 11 is 0. The van der Waals surface area contributed by atoms with Crippen LogP contribution < -0.4 is 0 Å². The molecule has 2 heteroatoms. The summed E-state index contributed by atoms with van der Waals surface area (Å²) in [6.07, 6.45) is 9.25. The average molecular weight is 221 g/mol. The van der Waals surface area contributed by atoms with Crippen molar-refractivity contribution in [1.82, 2.24) is 4.98 Å². The van der Waals surface area contributed by atoms with Crippen LogP contribution in [0.1, 0.15) is 51.1 Å². The Hall–Kier alpha value is -0.890. The second-order valence-electron chi connectivity index (χ2n) is 4.36. The zero-order valence-electron chi connectivity index (χ0n) is 10.2. The van der Waals surface area contributed by atoms with Gasteiger partial charge in [0.25, 0.3) is 0 Å². The highest BCUT2D eigenvalue weighted by atomic mass is 16.3. The molecule has 0 amide bonds. The standard InChI is InChI=1S/C14H23NO/c1-2-3-4-5-9-14(16)11-10-13-8-6-7-12-15-13/h6-8,12,14,16H,2-5,9-11H2,1H3. The van der Waals surface area contributed by atoms with E-state index in [1.165, 1.54) is 19.3 Å². The normalized spacial score (nSPS) is 12.6. The highest BCUT2D eigenvalue weighted by molar-refractivity contribution is 5.03. The number of pyridine rings is 1. The van der Waals surface area contributed by atoms with Crippen LogP contribution in [-0.4, -0.2) is 16.2 Å². The number of aliphatic hydroxyl groups excluding tert-OH is 1. The third-order valence-corrected chi connectivity index (χ3v) is 2.85. The molecule has 0 radical (unpaired) electrons. The molecule has 1 N–H and O–H groups in total. The number of aryl methyl sites for hydroxylation is 1. The lowest BCUT2D eigenvalue weighted by molar-refractivity contribution is 0.151. The summed E-state index contributed by atoms with van der Waals surface area (Å²) in [7, 11) is 0. The summed E-state index contributed by atoms with van der Waals surface area (Å²) in [5.41, 5.74) is 1.08. The van der Waals surface area contributed by atoms with E-state index in [4.69, 9.17) is 0 Å². The van der Waals surface area contributed by atoms with Gasteiger partial charge in [-0.3, -0.25) is 4.98 Å². The third-order valence-electron chi connectivity index (χ3n) is 2.85. The molecule has 0 bridgehead atoms. The van der Waals surface area contributed by atoms with Gasteiger partial charge in [-0.1, -0.05) is 38.7 Å². The molecule has 1 aromatic heterocycles. The van der Waals surface area contributed by atoms with Crippen LogP contribution in [0.25, 0.3) is 0 Å². The van der Waals surface area contributed by atoms with E-state index in [2.05, 4.69) is 11.9 Å². The lowest BCUT2D eigenvalue weighted by Gasteiger charge is -2.09.